The Labute approximate surface area is 154 Å². The summed E-state index contributed by atoms with van der Waals surface area (Å²) < 4.78 is 2.08. The minimum Gasteiger partial charge on any atom is -0.355 e. The minimum atomic E-state index is -0.249. The number of benzene rings is 1. The molecular formula is C17H20N6O2S. The standard InChI is InChI=1S/C17H20N6O2S/c1-3-18-13(24)9-19-14(25)10-26-17-20-16-15(21-22-17)11-7-5-6-8-12(11)23(16)4-2/h5-8H,3-4,9-10H2,1-2H3,(H,18,24)(H,19,25). The summed E-state index contributed by atoms with van der Waals surface area (Å²) in [5.74, 6) is -0.336. The van der Waals surface area contributed by atoms with Crippen LogP contribution in [-0.2, 0) is 16.1 Å². The molecule has 2 aromatic heterocycles. The van der Waals surface area contributed by atoms with Gasteiger partial charge in [0.1, 0.15) is 5.52 Å². The Balaban J connectivity index is 1.72. The van der Waals surface area contributed by atoms with Crippen LogP contribution in [-0.4, -0.2) is 50.4 Å². The zero-order valence-corrected chi connectivity index (χ0v) is 15.5. The normalized spacial score (nSPS) is 11.0. The Hall–Kier alpha value is -2.68. The topological polar surface area (TPSA) is 102 Å². The summed E-state index contributed by atoms with van der Waals surface area (Å²) in [7, 11) is 0. The van der Waals surface area contributed by atoms with Gasteiger partial charge in [0.05, 0.1) is 17.8 Å². The lowest BCUT2D eigenvalue weighted by Gasteiger charge is -2.05. The van der Waals surface area contributed by atoms with Gasteiger partial charge in [-0.1, -0.05) is 30.0 Å². The molecule has 0 radical (unpaired) electrons. The molecule has 0 spiro atoms. The highest BCUT2D eigenvalue weighted by molar-refractivity contribution is 7.99. The van der Waals surface area contributed by atoms with Crippen LogP contribution in [0.25, 0.3) is 22.1 Å². The third-order valence-electron chi connectivity index (χ3n) is 3.82. The van der Waals surface area contributed by atoms with Crippen LogP contribution in [0.1, 0.15) is 13.8 Å². The van der Waals surface area contributed by atoms with E-state index < -0.39 is 0 Å². The monoisotopic (exact) mass is 372 g/mol. The molecule has 2 N–H and O–H groups in total. The van der Waals surface area contributed by atoms with Crippen LogP contribution >= 0.6 is 11.8 Å². The number of nitrogens with zero attached hydrogens (tertiary/aromatic N) is 4. The summed E-state index contributed by atoms with van der Waals surface area (Å²) in [6.45, 7) is 5.14. The Morgan fingerprint density at radius 1 is 1.12 bits per heavy atom. The molecule has 8 nitrogen and oxygen atoms in total. The number of aryl methyl sites for hydroxylation is 1. The van der Waals surface area contributed by atoms with Crippen LogP contribution in [0.2, 0.25) is 0 Å². The Kier molecular flexibility index (Phi) is 5.67. The van der Waals surface area contributed by atoms with E-state index in [-0.39, 0.29) is 24.1 Å². The second-order valence-corrected chi connectivity index (χ2v) is 6.49. The summed E-state index contributed by atoms with van der Waals surface area (Å²) in [5.41, 5.74) is 2.58. The molecule has 3 rings (SSSR count). The number of hydrogen-bond donors (Lipinski definition) is 2. The quantitative estimate of drug-likeness (QED) is 0.607. The number of likely N-dealkylation sites (N-methyl/N-ethyl adjacent to an activating group) is 1. The molecule has 1 aromatic carbocycles. The molecule has 2 amide bonds. The highest BCUT2D eigenvalue weighted by Gasteiger charge is 2.14. The molecular weight excluding hydrogens is 352 g/mol. The van der Waals surface area contributed by atoms with E-state index >= 15 is 0 Å². The van der Waals surface area contributed by atoms with Crippen molar-refractivity contribution in [2.75, 3.05) is 18.8 Å². The zero-order chi connectivity index (χ0) is 18.5. The largest absolute Gasteiger partial charge is 0.355 e. The van der Waals surface area contributed by atoms with Gasteiger partial charge >= 0.3 is 0 Å². The van der Waals surface area contributed by atoms with Gasteiger partial charge in [-0.25, -0.2) is 4.98 Å². The van der Waals surface area contributed by atoms with E-state index in [0.717, 1.165) is 28.6 Å². The van der Waals surface area contributed by atoms with Crippen LogP contribution in [0.3, 0.4) is 0 Å². The van der Waals surface area contributed by atoms with Crippen molar-refractivity contribution < 1.29 is 9.59 Å². The summed E-state index contributed by atoms with van der Waals surface area (Å²) in [5, 5.41) is 15.1. The van der Waals surface area contributed by atoms with Crippen molar-refractivity contribution in [3.8, 4) is 0 Å². The first kappa shape index (κ1) is 18.1. The molecule has 0 fully saturated rings. The number of aromatic nitrogens is 4. The number of hydrogen-bond acceptors (Lipinski definition) is 6. The van der Waals surface area contributed by atoms with E-state index in [1.807, 2.05) is 31.2 Å². The molecule has 0 saturated carbocycles. The minimum absolute atomic E-state index is 0.0323. The van der Waals surface area contributed by atoms with E-state index in [2.05, 4.69) is 37.3 Å². The lowest BCUT2D eigenvalue weighted by atomic mass is 10.2. The van der Waals surface area contributed by atoms with Gasteiger partial charge in [0.15, 0.2) is 5.65 Å². The van der Waals surface area contributed by atoms with E-state index in [0.29, 0.717) is 11.7 Å². The third-order valence-corrected chi connectivity index (χ3v) is 4.66. The average Bonchev–Trinajstić information content (AvgIpc) is 2.98. The smallest absolute Gasteiger partial charge is 0.239 e. The first-order valence-corrected chi connectivity index (χ1v) is 9.40. The maximum Gasteiger partial charge on any atom is 0.239 e. The zero-order valence-electron chi connectivity index (χ0n) is 14.7. The number of para-hydroxylation sites is 1. The molecule has 0 saturated heterocycles. The van der Waals surface area contributed by atoms with E-state index in [4.69, 9.17) is 0 Å². The Morgan fingerprint density at radius 3 is 2.69 bits per heavy atom. The van der Waals surface area contributed by atoms with Crippen molar-refractivity contribution in [3.63, 3.8) is 0 Å². The molecule has 0 atom stereocenters. The second kappa shape index (κ2) is 8.13. The molecule has 0 aliphatic carbocycles. The van der Waals surface area contributed by atoms with Crippen LogP contribution in [0.4, 0.5) is 0 Å². The van der Waals surface area contributed by atoms with E-state index in [9.17, 15) is 9.59 Å². The maximum absolute atomic E-state index is 11.9. The first-order valence-electron chi connectivity index (χ1n) is 8.41. The molecule has 0 aliphatic heterocycles. The number of thioether (sulfide) groups is 1. The van der Waals surface area contributed by atoms with Crippen LogP contribution in [0.5, 0.6) is 0 Å². The predicted molar refractivity (Wildman–Crippen MR) is 101 cm³/mol. The molecule has 2 heterocycles. The number of carbonyl (C=O) groups excluding carboxylic acids is 2. The maximum atomic E-state index is 11.9. The summed E-state index contributed by atoms with van der Waals surface area (Å²) in [4.78, 5) is 27.8. The molecule has 0 aliphatic rings. The van der Waals surface area contributed by atoms with Gasteiger partial charge in [0.25, 0.3) is 0 Å². The van der Waals surface area contributed by atoms with Gasteiger partial charge in [-0.2, -0.15) is 0 Å². The Morgan fingerprint density at radius 2 is 1.92 bits per heavy atom. The number of nitrogens with one attached hydrogen (secondary N) is 2. The molecule has 3 aromatic rings. The molecule has 0 bridgehead atoms. The summed E-state index contributed by atoms with van der Waals surface area (Å²) in [6.07, 6.45) is 0. The summed E-state index contributed by atoms with van der Waals surface area (Å²) >= 11 is 1.20. The highest BCUT2D eigenvalue weighted by Crippen LogP contribution is 2.26. The average molecular weight is 372 g/mol. The lowest BCUT2D eigenvalue weighted by molar-refractivity contribution is -0.124. The van der Waals surface area contributed by atoms with Crippen LogP contribution < -0.4 is 10.6 Å². The molecule has 136 valence electrons. The van der Waals surface area contributed by atoms with E-state index in [1.54, 1.807) is 0 Å². The summed E-state index contributed by atoms with van der Waals surface area (Å²) in [6, 6.07) is 7.98. The number of fused-ring (bicyclic) bond motifs is 3. The van der Waals surface area contributed by atoms with Crippen molar-refractivity contribution in [1.82, 2.24) is 30.4 Å². The van der Waals surface area contributed by atoms with E-state index in [1.165, 1.54) is 11.8 Å². The van der Waals surface area contributed by atoms with Gasteiger partial charge in [-0.15, -0.1) is 10.2 Å². The van der Waals surface area contributed by atoms with Crippen molar-refractivity contribution in [2.45, 2.75) is 25.5 Å². The van der Waals surface area contributed by atoms with Gasteiger partial charge in [0, 0.05) is 18.5 Å². The van der Waals surface area contributed by atoms with Crippen molar-refractivity contribution in [1.29, 1.82) is 0 Å². The van der Waals surface area contributed by atoms with Crippen molar-refractivity contribution in [2.24, 2.45) is 0 Å². The third kappa shape index (κ3) is 3.77. The fourth-order valence-corrected chi connectivity index (χ4v) is 3.30. The number of carbonyl (C=O) groups is 2. The van der Waals surface area contributed by atoms with Gasteiger partial charge in [-0.05, 0) is 19.9 Å². The predicted octanol–water partition coefficient (Wildman–Crippen LogP) is 1.34. The number of rotatable bonds is 7. The van der Waals surface area contributed by atoms with Crippen molar-refractivity contribution >= 4 is 45.6 Å². The fourth-order valence-electron chi connectivity index (χ4n) is 2.69. The SMILES string of the molecule is CCNC(=O)CNC(=O)CSc1nnc2c3ccccc3n(CC)c2n1. The van der Waals surface area contributed by atoms with Crippen LogP contribution in [0.15, 0.2) is 29.4 Å². The molecule has 26 heavy (non-hydrogen) atoms. The molecule has 9 heteroatoms. The lowest BCUT2D eigenvalue weighted by Crippen LogP contribution is -2.37. The molecule has 0 unspecified atom stereocenters. The van der Waals surface area contributed by atoms with Gasteiger partial charge < -0.3 is 15.2 Å². The van der Waals surface area contributed by atoms with Crippen molar-refractivity contribution in [3.05, 3.63) is 24.3 Å². The fraction of sp³-hybridized carbons (Fsp3) is 0.353. The van der Waals surface area contributed by atoms with Gasteiger partial charge in [-0.3, -0.25) is 9.59 Å². The highest BCUT2D eigenvalue weighted by atomic mass is 32.2. The van der Waals surface area contributed by atoms with Gasteiger partial charge in [0.2, 0.25) is 17.0 Å². The Bertz CT molecular complexity index is 955. The number of amides is 2. The second-order valence-electron chi connectivity index (χ2n) is 5.55. The first-order chi connectivity index (χ1) is 12.6. The van der Waals surface area contributed by atoms with Crippen LogP contribution in [0, 0.1) is 0 Å².